The fourth-order valence-corrected chi connectivity index (χ4v) is 9.96. The van der Waals surface area contributed by atoms with Crippen LogP contribution in [0.3, 0.4) is 0 Å². The van der Waals surface area contributed by atoms with Crippen molar-refractivity contribution in [3.8, 4) is 56.2 Å². The molecule has 6 aromatic carbocycles. The second-order valence-corrected chi connectivity index (χ2v) is 16.1. The van der Waals surface area contributed by atoms with E-state index < -0.39 is 8.07 Å². The Morgan fingerprint density at radius 2 is 1.00 bits per heavy atom. The van der Waals surface area contributed by atoms with Crippen molar-refractivity contribution in [2.24, 2.45) is 0 Å². The Morgan fingerprint density at radius 1 is 0.442 bits per heavy atom. The third-order valence-corrected chi connectivity index (χ3v) is 12.4. The number of benzene rings is 6. The Morgan fingerprint density at radius 3 is 1.84 bits per heavy atom. The van der Waals surface area contributed by atoms with E-state index in [-0.39, 0.29) is 0 Å². The lowest BCUT2D eigenvalue weighted by atomic mass is 9.95. The summed E-state index contributed by atoms with van der Waals surface area (Å²) in [5, 5.41) is 5.29. The van der Waals surface area contributed by atoms with Gasteiger partial charge in [0, 0.05) is 11.1 Å². The van der Waals surface area contributed by atoms with Gasteiger partial charge in [-0.1, -0.05) is 147 Å². The molecule has 0 saturated carbocycles. The summed E-state index contributed by atoms with van der Waals surface area (Å²) >= 11 is 0. The van der Waals surface area contributed by atoms with Gasteiger partial charge in [0.15, 0.2) is 5.82 Å². The van der Waals surface area contributed by atoms with Crippen LogP contribution in [0, 0.1) is 0 Å². The van der Waals surface area contributed by atoms with Gasteiger partial charge >= 0.3 is 0 Å². The van der Waals surface area contributed by atoms with Crippen molar-refractivity contribution in [2.45, 2.75) is 13.1 Å². The van der Waals surface area contributed by atoms with Crippen molar-refractivity contribution in [3.63, 3.8) is 0 Å². The number of fused-ring (bicyclic) bond motifs is 4. The maximum atomic E-state index is 5.32. The SMILES string of the molecule is C[Si]1(C)c2ccccc2-c2nc(-c3cccc(-c4cccc(-c5cccc6ccccc56)c4)c3)nc(-c3ccccc3)c21. The first kappa shape index (κ1) is 25.6. The van der Waals surface area contributed by atoms with Crippen molar-refractivity contribution in [1.29, 1.82) is 0 Å². The second-order valence-electron chi connectivity index (χ2n) is 11.8. The van der Waals surface area contributed by atoms with Gasteiger partial charge in [-0.25, -0.2) is 9.97 Å². The summed E-state index contributed by atoms with van der Waals surface area (Å²) in [4.78, 5) is 10.6. The van der Waals surface area contributed by atoms with Gasteiger partial charge in [0.05, 0.1) is 11.4 Å². The minimum Gasteiger partial charge on any atom is -0.228 e. The van der Waals surface area contributed by atoms with Crippen molar-refractivity contribution in [2.75, 3.05) is 0 Å². The lowest BCUT2D eigenvalue weighted by molar-refractivity contribution is 1.20. The van der Waals surface area contributed by atoms with E-state index in [1.54, 1.807) is 0 Å². The summed E-state index contributed by atoms with van der Waals surface area (Å²) < 4.78 is 0. The quantitative estimate of drug-likeness (QED) is 0.199. The lowest BCUT2D eigenvalue weighted by Crippen LogP contribution is -2.50. The van der Waals surface area contributed by atoms with Crippen molar-refractivity contribution in [3.05, 3.63) is 146 Å². The molecule has 1 aromatic heterocycles. The van der Waals surface area contributed by atoms with Gasteiger partial charge in [-0.2, -0.15) is 0 Å². The molecule has 0 amide bonds. The van der Waals surface area contributed by atoms with Crippen LogP contribution in [0.1, 0.15) is 0 Å². The molecular weight excluding hydrogens is 537 g/mol. The molecule has 2 heterocycles. The van der Waals surface area contributed by atoms with Crippen LogP contribution in [0.5, 0.6) is 0 Å². The fourth-order valence-electron chi connectivity index (χ4n) is 6.73. The highest BCUT2D eigenvalue weighted by Crippen LogP contribution is 2.35. The maximum Gasteiger partial charge on any atom is 0.160 e. The lowest BCUT2D eigenvalue weighted by Gasteiger charge is -2.21. The minimum absolute atomic E-state index is 0.770. The first-order valence-corrected chi connectivity index (χ1v) is 17.8. The van der Waals surface area contributed by atoms with Crippen LogP contribution in [0.4, 0.5) is 0 Å². The van der Waals surface area contributed by atoms with Crippen LogP contribution in [0.25, 0.3) is 66.9 Å². The average Bonchev–Trinajstić information content (AvgIpc) is 3.31. The van der Waals surface area contributed by atoms with Crippen molar-refractivity contribution in [1.82, 2.24) is 9.97 Å². The molecule has 1 aliphatic heterocycles. The Hall–Kier alpha value is -5.12. The average molecular weight is 567 g/mol. The molecule has 0 aliphatic carbocycles. The molecule has 2 nitrogen and oxygen atoms in total. The molecule has 43 heavy (non-hydrogen) atoms. The number of hydrogen-bond acceptors (Lipinski definition) is 2. The highest BCUT2D eigenvalue weighted by atomic mass is 28.3. The van der Waals surface area contributed by atoms with E-state index >= 15 is 0 Å². The molecule has 0 fully saturated rings. The number of hydrogen-bond donors (Lipinski definition) is 0. The summed E-state index contributed by atoms with van der Waals surface area (Å²) in [5.41, 5.74) is 10.4. The second kappa shape index (κ2) is 10.0. The molecule has 0 spiro atoms. The van der Waals surface area contributed by atoms with Crippen LogP contribution in [-0.4, -0.2) is 18.0 Å². The number of rotatable bonds is 4. The van der Waals surface area contributed by atoms with E-state index in [0.717, 1.165) is 33.9 Å². The van der Waals surface area contributed by atoms with Crippen LogP contribution in [0.2, 0.25) is 13.1 Å². The van der Waals surface area contributed by atoms with Gasteiger partial charge in [0.1, 0.15) is 8.07 Å². The smallest absolute Gasteiger partial charge is 0.160 e. The molecule has 0 radical (unpaired) electrons. The molecule has 8 rings (SSSR count). The van der Waals surface area contributed by atoms with E-state index in [1.807, 2.05) is 0 Å². The zero-order valence-corrected chi connectivity index (χ0v) is 25.3. The molecule has 1 aliphatic rings. The highest BCUT2D eigenvalue weighted by molar-refractivity contribution is 7.04. The Kier molecular flexibility index (Phi) is 5.95. The van der Waals surface area contributed by atoms with E-state index in [2.05, 4.69) is 159 Å². The van der Waals surface area contributed by atoms with Gasteiger partial charge in [-0.05, 0) is 61.1 Å². The Labute approximate surface area is 253 Å². The standard InChI is InChI=1S/C40H30N2Si/c1-43(2)36-24-9-8-22-35(36)38-39(43)37(28-14-4-3-5-15-28)41-40(42-38)32-20-11-18-30(26-32)29-17-10-19-31(25-29)34-23-12-16-27-13-6-7-21-33(27)34/h3-26H,1-2H3. The largest absolute Gasteiger partial charge is 0.228 e. The fraction of sp³-hybridized carbons (Fsp3) is 0.0500. The molecule has 7 aromatic rings. The van der Waals surface area contributed by atoms with Crippen LogP contribution >= 0.6 is 0 Å². The van der Waals surface area contributed by atoms with Gasteiger partial charge in [0.25, 0.3) is 0 Å². The molecule has 3 heteroatoms. The van der Waals surface area contributed by atoms with Gasteiger partial charge < -0.3 is 0 Å². The normalized spacial score (nSPS) is 13.1. The minimum atomic E-state index is -1.98. The highest BCUT2D eigenvalue weighted by Gasteiger charge is 2.41. The predicted molar refractivity (Wildman–Crippen MR) is 183 cm³/mol. The zero-order valence-electron chi connectivity index (χ0n) is 24.3. The number of nitrogens with zero attached hydrogens (tertiary/aromatic N) is 2. The van der Waals surface area contributed by atoms with Crippen LogP contribution in [-0.2, 0) is 0 Å². The summed E-state index contributed by atoms with van der Waals surface area (Å²) in [6, 6.07) is 52.1. The van der Waals surface area contributed by atoms with E-state index in [0.29, 0.717) is 0 Å². The van der Waals surface area contributed by atoms with Gasteiger partial charge in [-0.15, -0.1) is 0 Å². The van der Waals surface area contributed by atoms with Crippen LogP contribution in [0.15, 0.2) is 146 Å². The van der Waals surface area contributed by atoms with E-state index in [9.17, 15) is 0 Å². The van der Waals surface area contributed by atoms with Gasteiger partial charge in [-0.3, -0.25) is 0 Å². The molecule has 0 bridgehead atoms. The monoisotopic (exact) mass is 566 g/mol. The maximum absolute atomic E-state index is 5.32. The van der Waals surface area contributed by atoms with Crippen molar-refractivity contribution < 1.29 is 0 Å². The summed E-state index contributed by atoms with van der Waals surface area (Å²) in [6.07, 6.45) is 0. The summed E-state index contributed by atoms with van der Waals surface area (Å²) in [6.45, 7) is 4.85. The molecule has 0 atom stereocenters. The third-order valence-electron chi connectivity index (χ3n) is 8.85. The van der Waals surface area contributed by atoms with Crippen LogP contribution < -0.4 is 10.4 Å². The van der Waals surface area contributed by atoms with E-state index in [4.69, 9.17) is 9.97 Å². The summed E-state index contributed by atoms with van der Waals surface area (Å²) in [5.74, 6) is 0.770. The first-order chi connectivity index (χ1) is 21.1. The molecule has 204 valence electrons. The zero-order chi connectivity index (χ0) is 29.0. The van der Waals surface area contributed by atoms with E-state index in [1.165, 1.54) is 43.4 Å². The predicted octanol–water partition coefficient (Wildman–Crippen LogP) is 9.10. The molecule has 0 unspecified atom stereocenters. The topological polar surface area (TPSA) is 25.8 Å². The van der Waals surface area contributed by atoms with Crippen molar-refractivity contribution >= 4 is 29.2 Å². The Bertz CT molecular complexity index is 2160. The Balaban J connectivity index is 1.28. The van der Waals surface area contributed by atoms with Gasteiger partial charge in [0.2, 0.25) is 0 Å². The molecule has 0 N–H and O–H groups in total. The molecule has 0 saturated heterocycles. The number of aromatic nitrogens is 2. The third kappa shape index (κ3) is 4.24. The summed E-state index contributed by atoms with van der Waals surface area (Å²) in [7, 11) is -1.98. The first-order valence-electron chi connectivity index (χ1n) is 14.8. The molecular formula is C40H30N2Si.